The van der Waals surface area contributed by atoms with Crippen LogP contribution in [0.4, 0.5) is 11.4 Å². The Morgan fingerprint density at radius 1 is 1.00 bits per heavy atom. The van der Waals surface area contributed by atoms with Gasteiger partial charge in [-0.25, -0.2) is 4.98 Å². The number of hydrogen-bond acceptors (Lipinski definition) is 5. The molecule has 0 atom stereocenters. The number of nitrogens with zero attached hydrogens (tertiary/aromatic N) is 2. The average molecular weight is 487 g/mol. The van der Waals surface area contributed by atoms with E-state index in [1.54, 1.807) is 49.7 Å². The normalized spacial score (nSPS) is 10.6. The number of para-hydroxylation sites is 2. The third-order valence-electron chi connectivity index (χ3n) is 5.34. The van der Waals surface area contributed by atoms with Crippen molar-refractivity contribution in [2.24, 2.45) is 0 Å². The molecule has 0 unspecified atom stereocenters. The van der Waals surface area contributed by atoms with Crippen molar-refractivity contribution < 1.29 is 14.3 Å². The molecule has 1 heterocycles. The molecule has 0 fully saturated rings. The second kappa shape index (κ2) is 10.9. The van der Waals surface area contributed by atoms with Gasteiger partial charge in [0.25, 0.3) is 5.91 Å². The number of carbonyl (C=O) groups is 2. The topological polar surface area (TPSA) is 85.2 Å². The second-order valence-corrected chi connectivity index (χ2v) is 8.88. The number of rotatable bonds is 8. The summed E-state index contributed by atoms with van der Waals surface area (Å²) >= 11 is 1.37. The number of nitrogens with one attached hydrogen (secondary N) is 2. The summed E-state index contributed by atoms with van der Waals surface area (Å²) in [5.74, 6) is 0.371. The van der Waals surface area contributed by atoms with E-state index in [1.165, 1.54) is 17.3 Å². The quantitative estimate of drug-likeness (QED) is 0.322. The lowest BCUT2D eigenvalue weighted by molar-refractivity contribution is -0.113. The van der Waals surface area contributed by atoms with Gasteiger partial charge in [0.15, 0.2) is 5.16 Å². The van der Waals surface area contributed by atoms with Crippen molar-refractivity contribution in [3.05, 3.63) is 95.8 Å². The molecule has 0 spiro atoms. The lowest BCUT2D eigenvalue weighted by Crippen LogP contribution is -2.15. The smallest absolute Gasteiger partial charge is 0.255 e. The lowest BCUT2D eigenvalue weighted by Gasteiger charge is -2.11. The Bertz CT molecular complexity index is 1350. The van der Waals surface area contributed by atoms with Gasteiger partial charge in [-0.2, -0.15) is 0 Å². The number of ether oxygens (including phenoxy) is 1. The number of imidazole rings is 1. The van der Waals surface area contributed by atoms with Crippen molar-refractivity contribution in [3.8, 4) is 11.4 Å². The van der Waals surface area contributed by atoms with E-state index < -0.39 is 0 Å². The maximum Gasteiger partial charge on any atom is 0.255 e. The molecule has 8 heteroatoms. The maximum atomic E-state index is 12.6. The fourth-order valence-electron chi connectivity index (χ4n) is 3.63. The van der Waals surface area contributed by atoms with Crippen LogP contribution in [-0.4, -0.2) is 34.2 Å². The van der Waals surface area contributed by atoms with Crippen molar-refractivity contribution in [1.82, 2.24) is 9.55 Å². The van der Waals surface area contributed by atoms with Gasteiger partial charge in [0.2, 0.25) is 5.91 Å². The SMILES string of the molecule is COc1ccccc1NC(=O)c1ccc(NC(=O)CSc2nccn2-c2ccc(C)cc2C)cc1. The second-order valence-electron chi connectivity index (χ2n) is 7.94. The Hall–Kier alpha value is -4.04. The number of aryl methyl sites for hydroxylation is 2. The summed E-state index contributed by atoms with van der Waals surface area (Å²) in [6, 6.07) is 20.2. The highest BCUT2D eigenvalue weighted by Crippen LogP contribution is 2.25. The van der Waals surface area contributed by atoms with Gasteiger partial charge in [-0.15, -0.1) is 0 Å². The zero-order valence-electron chi connectivity index (χ0n) is 19.7. The molecular formula is C27H26N4O3S. The van der Waals surface area contributed by atoms with Crippen molar-refractivity contribution in [1.29, 1.82) is 0 Å². The van der Waals surface area contributed by atoms with Crippen LogP contribution in [0.15, 0.2) is 84.3 Å². The average Bonchev–Trinajstić information content (AvgIpc) is 3.32. The summed E-state index contributed by atoms with van der Waals surface area (Å²) in [6.45, 7) is 4.12. The summed E-state index contributed by atoms with van der Waals surface area (Å²) in [4.78, 5) is 29.5. The number of aromatic nitrogens is 2. The van der Waals surface area contributed by atoms with E-state index in [0.717, 1.165) is 16.4 Å². The van der Waals surface area contributed by atoms with Gasteiger partial charge in [-0.3, -0.25) is 14.2 Å². The molecule has 7 nitrogen and oxygen atoms in total. The molecule has 2 N–H and O–H groups in total. The first-order valence-corrected chi connectivity index (χ1v) is 12.0. The van der Waals surface area contributed by atoms with Gasteiger partial charge in [-0.05, 0) is 61.9 Å². The van der Waals surface area contributed by atoms with Gasteiger partial charge < -0.3 is 15.4 Å². The highest BCUT2D eigenvalue weighted by atomic mass is 32.2. The first-order valence-electron chi connectivity index (χ1n) is 11.0. The molecule has 35 heavy (non-hydrogen) atoms. The van der Waals surface area contributed by atoms with Gasteiger partial charge in [0.05, 0.1) is 24.2 Å². The summed E-state index contributed by atoms with van der Waals surface area (Å²) in [5.41, 5.74) is 5.06. The van der Waals surface area contributed by atoms with Crippen LogP contribution in [0.3, 0.4) is 0 Å². The van der Waals surface area contributed by atoms with E-state index in [9.17, 15) is 9.59 Å². The van der Waals surface area contributed by atoms with Crippen LogP contribution in [0.1, 0.15) is 21.5 Å². The lowest BCUT2D eigenvalue weighted by atomic mass is 10.1. The van der Waals surface area contributed by atoms with Crippen LogP contribution in [0.2, 0.25) is 0 Å². The number of thioether (sulfide) groups is 1. The first kappa shape index (κ1) is 24.1. The minimum Gasteiger partial charge on any atom is -0.495 e. The van der Waals surface area contributed by atoms with E-state index in [2.05, 4.69) is 47.7 Å². The van der Waals surface area contributed by atoms with Crippen LogP contribution in [-0.2, 0) is 4.79 Å². The number of methoxy groups -OCH3 is 1. The fraction of sp³-hybridized carbons (Fsp3) is 0.148. The standard InChI is InChI=1S/C27H26N4O3S/c1-18-8-13-23(19(2)16-18)31-15-14-28-27(31)35-17-25(32)29-21-11-9-20(10-12-21)26(33)30-22-6-4-5-7-24(22)34-3/h4-16H,17H2,1-3H3,(H,29,32)(H,30,33). The molecule has 3 aromatic carbocycles. The molecular weight excluding hydrogens is 460 g/mol. The van der Waals surface area contributed by atoms with E-state index in [-0.39, 0.29) is 17.6 Å². The van der Waals surface area contributed by atoms with E-state index >= 15 is 0 Å². The molecule has 178 valence electrons. The molecule has 1 aromatic heterocycles. The van der Waals surface area contributed by atoms with Crippen molar-refractivity contribution in [3.63, 3.8) is 0 Å². The molecule has 4 rings (SSSR count). The monoisotopic (exact) mass is 486 g/mol. The van der Waals surface area contributed by atoms with Crippen molar-refractivity contribution in [2.75, 3.05) is 23.5 Å². The van der Waals surface area contributed by atoms with E-state index in [4.69, 9.17) is 4.74 Å². The molecule has 2 amide bonds. The Morgan fingerprint density at radius 3 is 2.51 bits per heavy atom. The molecule has 0 bridgehead atoms. The van der Waals surface area contributed by atoms with Crippen molar-refractivity contribution >= 4 is 35.0 Å². The van der Waals surface area contributed by atoms with E-state index in [1.807, 2.05) is 22.9 Å². The molecule has 0 aliphatic heterocycles. The van der Waals surface area contributed by atoms with Crippen LogP contribution in [0, 0.1) is 13.8 Å². The fourth-order valence-corrected chi connectivity index (χ4v) is 4.40. The number of hydrogen-bond donors (Lipinski definition) is 2. The largest absolute Gasteiger partial charge is 0.495 e. The molecule has 0 saturated heterocycles. The highest BCUT2D eigenvalue weighted by Gasteiger charge is 2.12. The first-order chi connectivity index (χ1) is 16.9. The summed E-state index contributed by atoms with van der Waals surface area (Å²) in [7, 11) is 1.55. The summed E-state index contributed by atoms with van der Waals surface area (Å²) in [5, 5.41) is 6.45. The Morgan fingerprint density at radius 2 is 1.77 bits per heavy atom. The maximum absolute atomic E-state index is 12.6. The van der Waals surface area contributed by atoms with Gasteiger partial charge >= 0.3 is 0 Å². The Labute approximate surface area is 208 Å². The van der Waals surface area contributed by atoms with E-state index in [0.29, 0.717) is 22.7 Å². The zero-order valence-corrected chi connectivity index (χ0v) is 20.6. The number of amides is 2. The predicted octanol–water partition coefficient (Wildman–Crippen LogP) is 5.48. The van der Waals surface area contributed by atoms with Crippen LogP contribution < -0.4 is 15.4 Å². The highest BCUT2D eigenvalue weighted by molar-refractivity contribution is 7.99. The Balaban J connectivity index is 1.34. The molecule has 0 radical (unpaired) electrons. The minimum absolute atomic E-state index is 0.156. The molecule has 0 aliphatic rings. The third kappa shape index (κ3) is 5.91. The molecule has 0 aliphatic carbocycles. The summed E-state index contributed by atoms with van der Waals surface area (Å²) < 4.78 is 7.26. The molecule has 4 aromatic rings. The van der Waals surface area contributed by atoms with Crippen molar-refractivity contribution in [2.45, 2.75) is 19.0 Å². The van der Waals surface area contributed by atoms with Gasteiger partial charge in [-0.1, -0.05) is 41.6 Å². The Kier molecular flexibility index (Phi) is 7.52. The zero-order chi connectivity index (χ0) is 24.8. The van der Waals surface area contributed by atoms with Gasteiger partial charge in [0.1, 0.15) is 5.75 Å². The third-order valence-corrected chi connectivity index (χ3v) is 6.30. The van der Waals surface area contributed by atoms with Crippen LogP contribution >= 0.6 is 11.8 Å². The molecule has 0 saturated carbocycles. The van der Waals surface area contributed by atoms with Gasteiger partial charge in [0, 0.05) is 23.6 Å². The number of carbonyl (C=O) groups excluding carboxylic acids is 2. The number of anilines is 2. The minimum atomic E-state index is -0.263. The predicted molar refractivity (Wildman–Crippen MR) is 140 cm³/mol. The summed E-state index contributed by atoms with van der Waals surface area (Å²) in [6.07, 6.45) is 3.63. The van der Waals surface area contributed by atoms with Crippen LogP contribution in [0.5, 0.6) is 5.75 Å². The van der Waals surface area contributed by atoms with Crippen LogP contribution in [0.25, 0.3) is 5.69 Å². The number of benzene rings is 3.